The number of benzene rings is 1. The van der Waals surface area contributed by atoms with Gasteiger partial charge in [0.1, 0.15) is 5.82 Å². The summed E-state index contributed by atoms with van der Waals surface area (Å²) in [6, 6.07) is 5.88. The number of carbonyl (C=O) groups excluding carboxylic acids is 2. The van der Waals surface area contributed by atoms with Crippen LogP contribution in [0.5, 0.6) is 0 Å². The summed E-state index contributed by atoms with van der Waals surface area (Å²) in [5.74, 6) is -1.50. The van der Waals surface area contributed by atoms with Crippen LogP contribution in [0, 0.1) is 19.7 Å². The maximum atomic E-state index is 13.1. The number of methoxy groups -OCH3 is 1. The summed E-state index contributed by atoms with van der Waals surface area (Å²) < 4.78 is 19.1. The molecule has 0 spiro atoms. The Hall–Kier alpha value is -2.74. The number of nitrogens with one attached hydrogen (secondary N) is 1. The first-order valence-corrected chi connectivity index (χ1v) is 7.67. The molecule has 7 nitrogen and oxygen atoms in total. The predicted octanol–water partition coefficient (Wildman–Crippen LogP) is 0.821. The van der Waals surface area contributed by atoms with Gasteiger partial charge in [-0.15, -0.1) is 0 Å². The first kappa shape index (κ1) is 18.6. The number of carbonyl (C=O) groups is 2. The van der Waals surface area contributed by atoms with Crippen LogP contribution in [-0.2, 0) is 20.7 Å². The van der Waals surface area contributed by atoms with E-state index in [9.17, 15) is 19.1 Å². The molecule has 134 valence electrons. The van der Waals surface area contributed by atoms with Crippen molar-refractivity contribution >= 4 is 11.9 Å². The molecule has 2 N–H and O–H groups in total. The summed E-state index contributed by atoms with van der Waals surface area (Å²) in [5, 5.41) is 16.4. The molecule has 0 fully saturated rings. The molecule has 1 heterocycles. The molecule has 25 heavy (non-hydrogen) atoms. The van der Waals surface area contributed by atoms with Gasteiger partial charge in [0, 0.05) is 11.3 Å². The summed E-state index contributed by atoms with van der Waals surface area (Å²) in [6.45, 7) is 3.36. The Balaban J connectivity index is 2.09. The molecular formula is C17H20FN3O4. The van der Waals surface area contributed by atoms with Crippen molar-refractivity contribution < 1.29 is 23.8 Å². The fourth-order valence-corrected chi connectivity index (χ4v) is 2.42. The van der Waals surface area contributed by atoms with Gasteiger partial charge in [0.25, 0.3) is 0 Å². The Morgan fingerprint density at radius 3 is 2.56 bits per heavy atom. The van der Waals surface area contributed by atoms with Gasteiger partial charge in [-0.2, -0.15) is 5.10 Å². The molecule has 0 bridgehead atoms. The van der Waals surface area contributed by atoms with Gasteiger partial charge in [0.2, 0.25) is 5.91 Å². The van der Waals surface area contributed by atoms with Crippen LogP contribution in [0.4, 0.5) is 4.39 Å². The Morgan fingerprint density at radius 1 is 1.32 bits per heavy atom. The van der Waals surface area contributed by atoms with E-state index in [0.29, 0.717) is 11.4 Å². The number of amides is 1. The zero-order valence-corrected chi connectivity index (χ0v) is 14.2. The number of nitrogens with zero attached hydrogens (tertiary/aromatic N) is 2. The van der Waals surface area contributed by atoms with Crippen LogP contribution in [-0.4, -0.2) is 46.5 Å². The molecule has 0 saturated heterocycles. The lowest BCUT2D eigenvalue weighted by atomic mass is 10.1. The van der Waals surface area contributed by atoms with Crippen molar-refractivity contribution in [3.8, 4) is 5.69 Å². The second-order valence-electron chi connectivity index (χ2n) is 5.56. The van der Waals surface area contributed by atoms with E-state index in [1.165, 1.54) is 12.1 Å². The highest BCUT2D eigenvalue weighted by Gasteiger charge is 2.19. The third-order valence-corrected chi connectivity index (χ3v) is 3.82. The Bertz CT molecular complexity index is 771. The number of esters is 1. The standard InChI is InChI=1S/C17H20FN3O4/c1-10-14(8-16(23)19-9-15(22)17(24)25-3)11(2)21(20-10)13-6-4-12(18)5-7-13/h4-7,15,22H,8-9H2,1-3H3,(H,19,23)/t15-/m0/s1. The van der Waals surface area contributed by atoms with Crippen molar-refractivity contribution in [2.24, 2.45) is 0 Å². The molecule has 1 amide bonds. The molecule has 0 saturated carbocycles. The maximum Gasteiger partial charge on any atom is 0.336 e. The second kappa shape index (κ2) is 7.89. The van der Waals surface area contributed by atoms with Gasteiger partial charge < -0.3 is 15.2 Å². The van der Waals surface area contributed by atoms with Crippen molar-refractivity contribution in [1.29, 1.82) is 0 Å². The fraction of sp³-hybridized carbons (Fsp3) is 0.353. The van der Waals surface area contributed by atoms with Crippen LogP contribution in [0.3, 0.4) is 0 Å². The van der Waals surface area contributed by atoms with E-state index in [0.717, 1.165) is 18.4 Å². The van der Waals surface area contributed by atoms with Gasteiger partial charge in [-0.1, -0.05) is 0 Å². The highest BCUT2D eigenvalue weighted by atomic mass is 19.1. The van der Waals surface area contributed by atoms with Crippen LogP contribution in [0.25, 0.3) is 5.69 Å². The Morgan fingerprint density at radius 2 is 1.96 bits per heavy atom. The van der Waals surface area contributed by atoms with Gasteiger partial charge in [0.15, 0.2) is 6.10 Å². The van der Waals surface area contributed by atoms with Gasteiger partial charge in [-0.3, -0.25) is 4.79 Å². The number of aliphatic hydroxyl groups excluding tert-OH is 1. The first-order chi connectivity index (χ1) is 11.8. The number of aliphatic hydroxyl groups is 1. The summed E-state index contributed by atoms with van der Waals surface area (Å²) in [4.78, 5) is 23.2. The van der Waals surface area contributed by atoms with E-state index in [1.807, 2.05) is 6.92 Å². The van der Waals surface area contributed by atoms with Crippen LogP contribution >= 0.6 is 0 Å². The Labute approximate surface area is 144 Å². The number of halogens is 1. The maximum absolute atomic E-state index is 13.1. The van der Waals surface area contributed by atoms with Crippen LogP contribution in [0.1, 0.15) is 17.0 Å². The van der Waals surface area contributed by atoms with Gasteiger partial charge in [0.05, 0.1) is 31.5 Å². The average molecular weight is 349 g/mol. The monoisotopic (exact) mass is 349 g/mol. The lowest BCUT2D eigenvalue weighted by Crippen LogP contribution is -2.38. The van der Waals surface area contributed by atoms with Gasteiger partial charge >= 0.3 is 5.97 Å². The molecule has 8 heteroatoms. The van der Waals surface area contributed by atoms with Crippen molar-refractivity contribution in [3.63, 3.8) is 0 Å². The minimum absolute atomic E-state index is 0.0484. The quantitative estimate of drug-likeness (QED) is 0.753. The molecule has 0 unspecified atom stereocenters. The molecule has 1 atom stereocenters. The zero-order chi connectivity index (χ0) is 18.6. The number of ether oxygens (including phenoxy) is 1. The summed E-state index contributed by atoms with van der Waals surface area (Å²) in [6.07, 6.45) is -1.36. The number of hydrogen-bond acceptors (Lipinski definition) is 5. The SMILES string of the molecule is COC(=O)[C@@H](O)CNC(=O)Cc1c(C)nn(-c2ccc(F)cc2)c1C. The molecule has 1 aromatic heterocycles. The van der Waals surface area contributed by atoms with Gasteiger partial charge in [-0.25, -0.2) is 13.9 Å². The second-order valence-corrected chi connectivity index (χ2v) is 5.56. The number of rotatable bonds is 6. The topological polar surface area (TPSA) is 93.4 Å². The van der Waals surface area contributed by atoms with Crippen molar-refractivity contribution in [2.75, 3.05) is 13.7 Å². The van der Waals surface area contributed by atoms with E-state index in [4.69, 9.17) is 0 Å². The highest BCUT2D eigenvalue weighted by molar-refractivity contribution is 5.80. The van der Waals surface area contributed by atoms with E-state index < -0.39 is 12.1 Å². The molecule has 0 radical (unpaired) electrons. The minimum atomic E-state index is -1.40. The van der Waals surface area contributed by atoms with Crippen molar-refractivity contribution in [1.82, 2.24) is 15.1 Å². The lowest BCUT2D eigenvalue weighted by Gasteiger charge is -2.10. The smallest absolute Gasteiger partial charge is 0.336 e. The van der Waals surface area contributed by atoms with Crippen molar-refractivity contribution in [3.05, 3.63) is 47.0 Å². The van der Waals surface area contributed by atoms with Crippen LogP contribution < -0.4 is 5.32 Å². The van der Waals surface area contributed by atoms with E-state index in [2.05, 4.69) is 15.2 Å². The fourth-order valence-electron chi connectivity index (χ4n) is 2.42. The third kappa shape index (κ3) is 4.42. The number of aromatic nitrogens is 2. The van der Waals surface area contributed by atoms with E-state index >= 15 is 0 Å². The molecule has 2 aromatic rings. The molecule has 2 rings (SSSR count). The van der Waals surface area contributed by atoms with Crippen molar-refractivity contribution in [2.45, 2.75) is 26.4 Å². The summed E-state index contributed by atoms with van der Waals surface area (Å²) in [7, 11) is 1.16. The Kier molecular flexibility index (Phi) is 5.87. The molecule has 1 aromatic carbocycles. The highest BCUT2D eigenvalue weighted by Crippen LogP contribution is 2.18. The normalized spacial score (nSPS) is 11.9. The molecule has 0 aliphatic heterocycles. The van der Waals surface area contributed by atoms with Crippen LogP contribution in [0.15, 0.2) is 24.3 Å². The molecule has 0 aliphatic rings. The first-order valence-electron chi connectivity index (χ1n) is 7.67. The summed E-state index contributed by atoms with van der Waals surface area (Å²) in [5.41, 5.74) is 2.85. The average Bonchev–Trinajstić information content (AvgIpc) is 2.87. The van der Waals surface area contributed by atoms with Crippen LogP contribution in [0.2, 0.25) is 0 Å². The largest absolute Gasteiger partial charge is 0.467 e. The minimum Gasteiger partial charge on any atom is -0.467 e. The lowest BCUT2D eigenvalue weighted by molar-refractivity contribution is -0.150. The van der Waals surface area contributed by atoms with E-state index in [1.54, 1.807) is 23.7 Å². The number of aryl methyl sites for hydroxylation is 1. The third-order valence-electron chi connectivity index (χ3n) is 3.82. The zero-order valence-electron chi connectivity index (χ0n) is 14.2. The predicted molar refractivity (Wildman–Crippen MR) is 87.7 cm³/mol. The van der Waals surface area contributed by atoms with E-state index in [-0.39, 0.29) is 24.7 Å². The summed E-state index contributed by atoms with van der Waals surface area (Å²) >= 11 is 0. The van der Waals surface area contributed by atoms with Gasteiger partial charge in [-0.05, 0) is 38.1 Å². The molecule has 0 aliphatic carbocycles. The molecular weight excluding hydrogens is 329 g/mol. The number of hydrogen-bond donors (Lipinski definition) is 2.